The van der Waals surface area contributed by atoms with Crippen LogP contribution in [0.4, 0.5) is 0 Å². The Morgan fingerprint density at radius 1 is 0.750 bits per heavy atom. The zero-order valence-electron chi connectivity index (χ0n) is 17.1. The molecule has 3 N–H and O–H groups in total. The Bertz CT molecular complexity index is 1050. The molecule has 0 aliphatic rings. The van der Waals surface area contributed by atoms with E-state index in [1.807, 2.05) is 6.07 Å². The normalized spacial score (nSPS) is 10.2. The van der Waals surface area contributed by atoms with Crippen molar-refractivity contribution in [2.24, 2.45) is 0 Å². The first-order chi connectivity index (χ1) is 15.5. The number of halogens is 1. The Morgan fingerprint density at radius 3 is 2.09 bits per heavy atom. The zero-order valence-corrected chi connectivity index (χ0v) is 17.9. The fourth-order valence-electron chi connectivity index (χ4n) is 2.69. The van der Waals surface area contributed by atoms with Crippen LogP contribution in [0, 0.1) is 0 Å². The molecule has 0 heterocycles. The molecule has 7 nitrogen and oxygen atoms in total. The molecule has 8 heteroatoms. The van der Waals surface area contributed by atoms with Crippen molar-refractivity contribution < 1.29 is 19.1 Å². The third-order valence-electron chi connectivity index (χ3n) is 4.42. The Hall–Kier alpha value is -3.84. The summed E-state index contributed by atoms with van der Waals surface area (Å²) in [5, 5.41) is 3.29. The molecule has 0 aliphatic carbocycles. The van der Waals surface area contributed by atoms with E-state index in [9.17, 15) is 14.4 Å². The Balaban J connectivity index is 1.37. The van der Waals surface area contributed by atoms with Crippen molar-refractivity contribution in [1.29, 1.82) is 0 Å². The van der Waals surface area contributed by atoms with Crippen molar-refractivity contribution in [2.45, 2.75) is 13.0 Å². The number of hydrogen-bond acceptors (Lipinski definition) is 4. The summed E-state index contributed by atoms with van der Waals surface area (Å²) >= 11 is 5.85. The highest BCUT2D eigenvalue weighted by molar-refractivity contribution is 6.30. The summed E-state index contributed by atoms with van der Waals surface area (Å²) in [4.78, 5) is 36.0. The quantitative estimate of drug-likeness (QED) is 0.457. The van der Waals surface area contributed by atoms with Crippen molar-refractivity contribution in [2.75, 3.05) is 6.54 Å². The lowest BCUT2D eigenvalue weighted by atomic mass is 10.1. The molecule has 0 saturated heterocycles. The fourth-order valence-corrected chi connectivity index (χ4v) is 2.82. The topological polar surface area (TPSA) is 96.5 Å². The number of hydrazine groups is 1. The average Bonchev–Trinajstić information content (AvgIpc) is 2.83. The smallest absolute Gasteiger partial charge is 0.269 e. The molecule has 0 fully saturated rings. The maximum atomic E-state index is 12.2. The van der Waals surface area contributed by atoms with Crippen LogP contribution in [0.3, 0.4) is 0 Å². The summed E-state index contributed by atoms with van der Waals surface area (Å²) in [5.74, 6) is -0.432. The number of nitrogens with one attached hydrogen (secondary N) is 3. The first-order valence-electron chi connectivity index (χ1n) is 9.91. The molecule has 3 rings (SSSR count). The Kier molecular flexibility index (Phi) is 8.22. The van der Waals surface area contributed by atoms with Crippen LogP contribution in [0.5, 0.6) is 5.75 Å². The maximum absolute atomic E-state index is 12.2. The highest BCUT2D eigenvalue weighted by Crippen LogP contribution is 2.17. The molecule has 0 saturated carbocycles. The first-order valence-corrected chi connectivity index (χ1v) is 10.3. The van der Waals surface area contributed by atoms with E-state index >= 15 is 0 Å². The van der Waals surface area contributed by atoms with Crippen molar-refractivity contribution >= 4 is 29.3 Å². The van der Waals surface area contributed by atoms with Gasteiger partial charge in [-0.15, -0.1) is 0 Å². The Labute approximate surface area is 190 Å². The molecule has 0 spiro atoms. The molecule has 3 aromatic carbocycles. The van der Waals surface area contributed by atoms with Gasteiger partial charge in [-0.25, -0.2) is 0 Å². The van der Waals surface area contributed by atoms with E-state index in [1.165, 1.54) is 0 Å². The van der Waals surface area contributed by atoms with Crippen LogP contribution in [-0.2, 0) is 11.4 Å². The standard InChI is InChI=1S/C24H22ClN3O4/c25-20-10-12-21(13-11-20)32-16-17-6-8-19(9-7-17)24(31)28-27-22(29)14-15-26-23(30)18-4-2-1-3-5-18/h1-13H,14-16H2,(H,26,30)(H,27,29)(H,28,31). The predicted molar refractivity (Wildman–Crippen MR) is 121 cm³/mol. The van der Waals surface area contributed by atoms with Gasteiger partial charge in [0.15, 0.2) is 0 Å². The number of ether oxygens (including phenoxy) is 1. The van der Waals surface area contributed by atoms with E-state index in [0.717, 1.165) is 5.56 Å². The molecule has 0 atom stereocenters. The van der Waals surface area contributed by atoms with Gasteiger partial charge in [0.1, 0.15) is 12.4 Å². The van der Waals surface area contributed by atoms with Crippen LogP contribution in [0.25, 0.3) is 0 Å². The second-order valence-corrected chi connectivity index (χ2v) is 7.25. The summed E-state index contributed by atoms with van der Waals surface area (Å²) in [5.41, 5.74) is 6.48. The summed E-state index contributed by atoms with van der Waals surface area (Å²) in [6.07, 6.45) is 0.0276. The highest BCUT2D eigenvalue weighted by Gasteiger charge is 2.09. The zero-order chi connectivity index (χ0) is 22.8. The van der Waals surface area contributed by atoms with Gasteiger partial charge in [0, 0.05) is 29.1 Å². The van der Waals surface area contributed by atoms with Gasteiger partial charge in [-0.3, -0.25) is 25.2 Å². The second kappa shape index (κ2) is 11.5. The van der Waals surface area contributed by atoms with E-state index in [2.05, 4.69) is 16.2 Å². The van der Waals surface area contributed by atoms with Gasteiger partial charge < -0.3 is 10.1 Å². The SMILES string of the molecule is O=C(CCNC(=O)c1ccccc1)NNC(=O)c1ccc(COc2ccc(Cl)cc2)cc1. The minimum Gasteiger partial charge on any atom is -0.489 e. The van der Waals surface area contributed by atoms with E-state index in [4.69, 9.17) is 16.3 Å². The van der Waals surface area contributed by atoms with Gasteiger partial charge in [-0.05, 0) is 54.1 Å². The molecule has 0 aliphatic heterocycles. The van der Waals surface area contributed by atoms with Crippen LogP contribution in [0.2, 0.25) is 5.02 Å². The lowest BCUT2D eigenvalue weighted by molar-refractivity contribution is -0.121. The fraction of sp³-hybridized carbons (Fsp3) is 0.125. The van der Waals surface area contributed by atoms with Crippen molar-refractivity contribution in [3.63, 3.8) is 0 Å². The lowest BCUT2D eigenvalue weighted by Gasteiger charge is -2.09. The molecule has 0 radical (unpaired) electrons. The molecular formula is C24H22ClN3O4. The van der Waals surface area contributed by atoms with Crippen molar-refractivity contribution in [3.8, 4) is 5.75 Å². The van der Waals surface area contributed by atoms with Gasteiger partial charge in [0.05, 0.1) is 0 Å². The lowest BCUT2D eigenvalue weighted by Crippen LogP contribution is -2.42. The predicted octanol–water partition coefficient (Wildman–Crippen LogP) is 3.50. The third kappa shape index (κ3) is 7.14. The molecule has 0 aromatic heterocycles. The van der Waals surface area contributed by atoms with Crippen LogP contribution >= 0.6 is 11.6 Å². The number of carbonyl (C=O) groups excluding carboxylic acids is 3. The summed E-state index contributed by atoms with van der Waals surface area (Å²) in [6, 6.07) is 22.6. The molecule has 0 bridgehead atoms. The van der Waals surface area contributed by atoms with Crippen LogP contribution in [0.1, 0.15) is 32.7 Å². The third-order valence-corrected chi connectivity index (χ3v) is 4.68. The molecule has 3 aromatic rings. The molecule has 0 unspecified atom stereocenters. The van der Waals surface area contributed by atoms with Gasteiger partial charge >= 0.3 is 0 Å². The Morgan fingerprint density at radius 2 is 1.41 bits per heavy atom. The number of rotatable bonds is 8. The minimum absolute atomic E-state index is 0.0276. The van der Waals surface area contributed by atoms with Gasteiger partial charge in [-0.2, -0.15) is 0 Å². The number of amides is 3. The number of hydrogen-bond donors (Lipinski definition) is 3. The molecule has 164 valence electrons. The van der Waals surface area contributed by atoms with Crippen LogP contribution in [0.15, 0.2) is 78.9 Å². The van der Waals surface area contributed by atoms with Gasteiger partial charge in [0.25, 0.3) is 11.8 Å². The van der Waals surface area contributed by atoms with Gasteiger partial charge in [-0.1, -0.05) is 41.9 Å². The van der Waals surface area contributed by atoms with E-state index < -0.39 is 11.8 Å². The van der Waals surface area contributed by atoms with Gasteiger partial charge in [0.2, 0.25) is 5.91 Å². The number of carbonyl (C=O) groups is 3. The van der Waals surface area contributed by atoms with E-state index in [1.54, 1.807) is 72.8 Å². The van der Waals surface area contributed by atoms with Crippen molar-refractivity contribution in [1.82, 2.24) is 16.2 Å². The maximum Gasteiger partial charge on any atom is 0.269 e. The highest BCUT2D eigenvalue weighted by atomic mass is 35.5. The first kappa shape index (κ1) is 22.8. The minimum atomic E-state index is -0.447. The summed E-state index contributed by atoms with van der Waals surface area (Å²) < 4.78 is 5.66. The van der Waals surface area contributed by atoms with Crippen molar-refractivity contribution in [3.05, 3.63) is 101 Å². The monoisotopic (exact) mass is 451 g/mol. The van der Waals surface area contributed by atoms with Crippen LogP contribution in [-0.4, -0.2) is 24.3 Å². The van der Waals surface area contributed by atoms with Crippen LogP contribution < -0.4 is 20.9 Å². The van der Waals surface area contributed by atoms with E-state index in [0.29, 0.717) is 28.5 Å². The average molecular weight is 452 g/mol. The molecule has 32 heavy (non-hydrogen) atoms. The largest absolute Gasteiger partial charge is 0.489 e. The molecule has 3 amide bonds. The summed E-state index contributed by atoms with van der Waals surface area (Å²) in [6.45, 7) is 0.493. The summed E-state index contributed by atoms with van der Waals surface area (Å²) in [7, 11) is 0. The molecular weight excluding hydrogens is 430 g/mol. The van der Waals surface area contributed by atoms with E-state index in [-0.39, 0.29) is 18.9 Å². The number of benzene rings is 3. The second-order valence-electron chi connectivity index (χ2n) is 6.81.